The lowest BCUT2D eigenvalue weighted by Gasteiger charge is -2.16. The van der Waals surface area contributed by atoms with E-state index in [1.165, 1.54) is 13.3 Å². The molecule has 7 heteroatoms. The summed E-state index contributed by atoms with van der Waals surface area (Å²) in [5.41, 5.74) is 0.543. The van der Waals surface area contributed by atoms with Crippen molar-refractivity contribution >= 4 is 5.95 Å². The molecule has 1 aromatic rings. The van der Waals surface area contributed by atoms with Gasteiger partial charge >= 0.3 is 6.18 Å². The third kappa shape index (κ3) is 4.64. The fraction of sp³-hybridized carbons (Fsp3) is 0.700. The minimum absolute atomic E-state index is 0.103. The van der Waals surface area contributed by atoms with Crippen molar-refractivity contribution in [2.45, 2.75) is 32.6 Å². The summed E-state index contributed by atoms with van der Waals surface area (Å²) in [6, 6.07) is -0.103. The zero-order valence-corrected chi connectivity index (χ0v) is 10.0. The van der Waals surface area contributed by atoms with E-state index in [1.54, 1.807) is 6.92 Å². The van der Waals surface area contributed by atoms with Crippen LogP contribution in [-0.4, -0.2) is 35.5 Å². The van der Waals surface area contributed by atoms with E-state index in [4.69, 9.17) is 4.74 Å². The number of halogens is 3. The molecule has 1 rings (SSSR count). The van der Waals surface area contributed by atoms with Crippen molar-refractivity contribution in [3.05, 3.63) is 11.9 Å². The van der Waals surface area contributed by atoms with Crippen LogP contribution in [0.15, 0.2) is 6.20 Å². The topological polar surface area (TPSA) is 39.1 Å². The number of aromatic nitrogens is 2. The maximum absolute atomic E-state index is 12.3. The monoisotopic (exact) mass is 251 g/mol. The Bertz CT molecular complexity index is 362. The molecule has 0 amide bonds. The minimum Gasteiger partial charge on any atom is -0.383 e. The summed E-state index contributed by atoms with van der Waals surface area (Å²) >= 11 is 0. The molecule has 0 saturated carbocycles. The summed E-state index contributed by atoms with van der Waals surface area (Å²) in [6.45, 7) is 2.82. The fourth-order valence-electron chi connectivity index (χ4n) is 1.49. The van der Waals surface area contributed by atoms with Crippen LogP contribution in [-0.2, 0) is 11.3 Å². The van der Waals surface area contributed by atoms with Gasteiger partial charge in [-0.05, 0) is 13.8 Å². The standard InChI is InChI=1S/C10H16F3N3O/c1-7-4-16(6-10(11,12)13)9(14-7)15-8(2)5-17-3/h4,8H,5-6H2,1-3H3,(H,14,15). The van der Waals surface area contributed by atoms with Gasteiger partial charge < -0.3 is 14.6 Å². The first-order chi connectivity index (χ1) is 7.81. The average molecular weight is 251 g/mol. The van der Waals surface area contributed by atoms with Crippen molar-refractivity contribution in [3.63, 3.8) is 0 Å². The Balaban J connectivity index is 2.77. The van der Waals surface area contributed by atoms with Gasteiger partial charge in [-0.2, -0.15) is 13.2 Å². The van der Waals surface area contributed by atoms with E-state index < -0.39 is 12.7 Å². The van der Waals surface area contributed by atoms with Crippen LogP contribution in [0.25, 0.3) is 0 Å². The van der Waals surface area contributed by atoms with Gasteiger partial charge in [-0.3, -0.25) is 0 Å². The Kier molecular flexibility index (Phi) is 4.39. The lowest BCUT2D eigenvalue weighted by atomic mass is 10.4. The van der Waals surface area contributed by atoms with Gasteiger partial charge in [0, 0.05) is 19.3 Å². The lowest BCUT2D eigenvalue weighted by molar-refractivity contribution is -0.140. The molecule has 1 heterocycles. The number of rotatable bonds is 5. The number of hydrogen-bond donors (Lipinski definition) is 1. The molecule has 98 valence electrons. The summed E-state index contributed by atoms with van der Waals surface area (Å²) in [4.78, 5) is 4.01. The van der Waals surface area contributed by atoms with Crippen molar-refractivity contribution in [1.82, 2.24) is 9.55 Å². The molecule has 0 fully saturated rings. The molecule has 0 spiro atoms. The molecule has 0 bridgehead atoms. The highest BCUT2D eigenvalue weighted by molar-refractivity contribution is 5.30. The first kappa shape index (κ1) is 13.8. The lowest BCUT2D eigenvalue weighted by Crippen LogP contribution is -2.25. The number of nitrogens with one attached hydrogen (secondary N) is 1. The van der Waals surface area contributed by atoms with Crippen molar-refractivity contribution in [1.29, 1.82) is 0 Å². The van der Waals surface area contributed by atoms with Gasteiger partial charge in [-0.1, -0.05) is 0 Å². The van der Waals surface area contributed by atoms with E-state index in [-0.39, 0.29) is 12.0 Å². The van der Waals surface area contributed by atoms with Crippen molar-refractivity contribution < 1.29 is 17.9 Å². The first-order valence-corrected chi connectivity index (χ1v) is 5.18. The predicted molar refractivity (Wildman–Crippen MR) is 58.0 cm³/mol. The predicted octanol–water partition coefficient (Wildman–Crippen LogP) is 2.20. The van der Waals surface area contributed by atoms with Gasteiger partial charge in [-0.25, -0.2) is 4.98 Å². The Morgan fingerprint density at radius 2 is 2.18 bits per heavy atom. The molecule has 0 aliphatic rings. The Hall–Kier alpha value is -1.24. The number of nitrogens with zero attached hydrogens (tertiary/aromatic N) is 2. The number of methoxy groups -OCH3 is 1. The normalized spacial score (nSPS) is 13.8. The van der Waals surface area contributed by atoms with E-state index in [1.807, 2.05) is 6.92 Å². The van der Waals surface area contributed by atoms with Crippen molar-refractivity contribution in [3.8, 4) is 0 Å². The van der Waals surface area contributed by atoms with Crippen LogP contribution in [0.5, 0.6) is 0 Å². The molecule has 0 aliphatic carbocycles. The molecular formula is C10H16F3N3O. The SMILES string of the molecule is COCC(C)Nc1nc(C)cn1CC(F)(F)F. The summed E-state index contributed by atoms with van der Waals surface area (Å²) < 4.78 is 42.9. The van der Waals surface area contributed by atoms with Gasteiger partial charge in [0.15, 0.2) is 0 Å². The van der Waals surface area contributed by atoms with Crippen LogP contribution in [0, 0.1) is 6.92 Å². The zero-order chi connectivity index (χ0) is 13.1. The van der Waals surface area contributed by atoms with Gasteiger partial charge in [-0.15, -0.1) is 0 Å². The number of imidazole rings is 1. The average Bonchev–Trinajstić information content (AvgIpc) is 2.43. The van der Waals surface area contributed by atoms with Crippen molar-refractivity contribution in [2.75, 3.05) is 19.0 Å². The Morgan fingerprint density at radius 1 is 1.53 bits per heavy atom. The van der Waals surface area contributed by atoms with Crippen molar-refractivity contribution in [2.24, 2.45) is 0 Å². The summed E-state index contributed by atoms with van der Waals surface area (Å²) in [5.74, 6) is 0.212. The molecule has 1 N–H and O–H groups in total. The largest absolute Gasteiger partial charge is 0.406 e. The molecule has 1 unspecified atom stereocenters. The molecule has 1 atom stereocenters. The van der Waals surface area contributed by atoms with Crippen LogP contribution in [0.1, 0.15) is 12.6 Å². The second-order valence-corrected chi connectivity index (χ2v) is 3.95. The molecule has 4 nitrogen and oxygen atoms in total. The van der Waals surface area contributed by atoms with Crippen LogP contribution >= 0.6 is 0 Å². The second-order valence-electron chi connectivity index (χ2n) is 3.95. The summed E-state index contributed by atoms with van der Waals surface area (Å²) in [6.07, 6.45) is -2.89. The molecule has 0 aromatic carbocycles. The van der Waals surface area contributed by atoms with Crippen LogP contribution in [0.2, 0.25) is 0 Å². The fourth-order valence-corrected chi connectivity index (χ4v) is 1.49. The number of hydrogen-bond acceptors (Lipinski definition) is 3. The smallest absolute Gasteiger partial charge is 0.383 e. The highest BCUT2D eigenvalue weighted by Crippen LogP contribution is 2.21. The van der Waals surface area contributed by atoms with E-state index in [9.17, 15) is 13.2 Å². The van der Waals surface area contributed by atoms with Gasteiger partial charge in [0.2, 0.25) is 5.95 Å². The molecular weight excluding hydrogens is 235 g/mol. The highest BCUT2D eigenvalue weighted by atomic mass is 19.4. The maximum Gasteiger partial charge on any atom is 0.406 e. The molecule has 0 saturated heterocycles. The van der Waals surface area contributed by atoms with Gasteiger partial charge in [0.05, 0.1) is 12.3 Å². The van der Waals surface area contributed by atoms with E-state index in [2.05, 4.69) is 10.3 Å². The highest BCUT2D eigenvalue weighted by Gasteiger charge is 2.29. The van der Waals surface area contributed by atoms with E-state index in [0.717, 1.165) is 4.57 Å². The molecule has 0 aliphatic heterocycles. The number of ether oxygens (including phenoxy) is 1. The minimum atomic E-state index is -4.26. The van der Waals surface area contributed by atoms with Crippen LogP contribution in [0.4, 0.5) is 19.1 Å². The van der Waals surface area contributed by atoms with Gasteiger partial charge in [0.1, 0.15) is 6.54 Å². The Labute approximate surface area is 97.8 Å². The first-order valence-electron chi connectivity index (χ1n) is 5.18. The molecule has 1 aromatic heterocycles. The molecule has 17 heavy (non-hydrogen) atoms. The van der Waals surface area contributed by atoms with Gasteiger partial charge in [0.25, 0.3) is 0 Å². The summed E-state index contributed by atoms with van der Waals surface area (Å²) in [5, 5.41) is 2.88. The second kappa shape index (κ2) is 5.39. The number of aryl methyl sites for hydroxylation is 1. The third-order valence-electron chi connectivity index (χ3n) is 2.04. The maximum atomic E-state index is 12.3. The third-order valence-corrected chi connectivity index (χ3v) is 2.04. The number of alkyl halides is 3. The zero-order valence-electron chi connectivity index (χ0n) is 10.0. The summed E-state index contributed by atoms with van der Waals surface area (Å²) in [7, 11) is 1.53. The van der Waals surface area contributed by atoms with E-state index >= 15 is 0 Å². The van der Waals surface area contributed by atoms with E-state index in [0.29, 0.717) is 12.3 Å². The van der Waals surface area contributed by atoms with Crippen LogP contribution < -0.4 is 5.32 Å². The van der Waals surface area contributed by atoms with Crippen LogP contribution in [0.3, 0.4) is 0 Å². The quantitative estimate of drug-likeness (QED) is 0.872. The Morgan fingerprint density at radius 3 is 2.71 bits per heavy atom. The number of anilines is 1. The molecule has 0 radical (unpaired) electrons.